The fraction of sp³-hybridized carbons (Fsp3) is 0.348. The molecule has 4 rings (SSSR count). The first-order valence-corrected chi connectivity index (χ1v) is 10.0. The highest BCUT2D eigenvalue weighted by Gasteiger charge is 2.38. The van der Waals surface area contributed by atoms with E-state index in [1.807, 2.05) is 35.4 Å². The summed E-state index contributed by atoms with van der Waals surface area (Å²) in [7, 11) is 0. The van der Waals surface area contributed by atoms with Crippen LogP contribution in [-0.2, 0) is 6.54 Å². The van der Waals surface area contributed by atoms with E-state index in [1.54, 1.807) is 12.3 Å². The van der Waals surface area contributed by atoms with Crippen molar-refractivity contribution in [2.24, 2.45) is 0 Å². The van der Waals surface area contributed by atoms with Crippen LogP contribution in [0.25, 0.3) is 0 Å². The molecule has 2 aliphatic heterocycles. The van der Waals surface area contributed by atoms with Crippen LogP contribution in [0.1, 0.15) is 35.6 Å². The van der Waals surface area contributed by atoms with E-state index in [-0.39, 0.29) is 18.1 Å². The number of likely N-dealkylation sites (tertiary alicyclic amines) is 1. The van der Waals surface area contributed by atoms with Crippen LogP contribution in [0.4, 0.5) is 4.79 Å². The second-order valence-electron chi connectivity index (χ2n) is 7.73. The minimum absolute atomic E-state index is 0.0459. The van der Waals surface area contributed by atoms with Crippen LogP contribution in [0, 0.1) is 11.3 Å². The van der Waals surface area contributed by atoms with Crippen LogP contribution in [-0.4, -0.2) is 46.5 Å². The summed E-state index contributed by atoms with van der Waals surface area (Å²) >= 11 is 0. The number of urea groups is 1. The van der Waals surface area contributed by atoms with Gasteiger partial charge >= 0.3 is 6.03 Å². The van der Waals surface area contributed by atoms with E-state index in [9.17, 15) is 10.1 Å². The van der Waals surface area contributed by atoms with Gasteiger partial charge < -0.3 is 10.2 Å². The summed E-state index contributed by atoms with van der Waals surface area (Å²) in [5, 5.41) is 12.2. The van der Waals surface area contributed by atoms with Crippen LogP contribution in [0.5, 0.6) is 0 Å². The average molecular weight is 387 g/mol. The lowest BCUT2D eigenvalue weighted by atomic mass is 9.91. The number of nitrogens with zero attached hydrogens (tertiary/aromatic N) is 4. The van der Waals surface area contributed by atoms with Gasteiger partial charge in [0.25, 0.3) is 0 Å². The van der Waals surface area contributed by atoms with Crippen molar-refractivity contribution in [2.45, 2.75) is 31.5 Å². The lowest BCUT2D eigenvalue weighted by Crippen LogP contribution is -2.56. The molecule has 0 radical (unpaired) electrons. The second-order valence-corrected chi connectivity index (χ2v) is 7.73. The highest BCUT2D eigenvalue weighted by molar-refractivity contribution is 5.77. The molecule has 3 heterocycles. The van der Waals surface area contributed by atoms with Crippen molar-refractivity contribution in [1.82, 2.24) is 20.1 Å². The normalized spacial score (nSPS) is 20.9. The Labute approximate surface area is 171 Å². The minimum atomic E-state index is -0.188. The molecule has 2 saturated heterocycles. The molecule has 0 bridgehead atoms. The van der Waals surface area contributed by atoms with Gasteiger partial charge in [-0.1, -0.05) is 24.8 Å². The fourth-order valence-corrected chi connectivity index (χ4v) is 4.35. The Morgan fingerprint density at radius 3 is 2.79 bits per heavy atom. The van der Waals surface area contributed by atoms with Gasteiger partial charge in [0.15, 0.2) is 0 Å². The summed E-state index contributed by atoms with van der Waals surface area (Å²) in [5.74, 6) is 0. The van der Waals surface area contributed by atoms with Crippen molar-refractivity contribution in [3.8, 4) is 6.07 Å². The lowest BCUT2D eigenvalue weighted by Gasteiger charge is -2.45. The monoisotopic (exact) mass is 387 g/mol. The molecular weight excluding hydrogens is 362 g/mol. The van der Waals surface area contributed by atoms with E-state index >= 15 is 0 Å². The van der Waals surface area contributed by atoms with Crippen molar-refractivity contribution >= 4 is 6.03 Å². The lowest BCUT2D eigenvalue weighted by molar-refractivity contribution is 0.0933. The Hall–Kier alpha value is -3.17. The summed E-state index contributed by atoms with van der Waals surface area (Å²) in [6.07, 6.45) is 5.52. The van der Waals surface area contributed by atoms with Gasteiger partial charge in [-0.05, 0) is 47.7 Å². The standard InChI is InChI=1S/C23H25N5O/c1-17-14-26-23(29)28(22(17)20-6-2-4-18(12-20)13-24)21-7-10-27(11-8-21)16-19-5-3-9-25-15-19/h2-6,9,12,15,21-22H,1,7-8,10-11,14,16H2,(H,26,29). The number of aromatic nitrogens is 1. The molecule has 0 saturated carbocycles. The topological polar surface area (TPSA) is 72.3 Å². The number of piperidine rings is 1. The van der Waals surface area contributed by atoms with Gasteiger partial charge in [-0.2, -0.15) is 5.26 Å². The quantitative estimate of drug-likeness (QED) is 0.818. The van der Waals surface area contributed by atoms with Crippen LogP contribution >= 0.6 is 0 Å². The molecular formula is C23H25N5O. The minimum Gasteiger partial charge on any atom is -0.334 e. The van der Waals surface area contributed by atoms with Gasteiger partial charge in [-0.25, -0.2) is 4.79 Å². The van der Waals surface area contributed by atoms with Crippen molar-refractivity contribution in [1.29, 1.82) is 5.26 Å². The Bertz CT molecular complexity index is 928. The molecule has 0 aliphatic carbocycles. The summed E-state index contributed by atoms with van der Waals surface area (Å²) in [6, 6.07) is 13.7. The Morgan fingerprint density at radius 2 is 2.07 bits per heavy atom. The van der Waals surface area contributed by atoms with Gasteiger partial charge in [0, 0.05) is 44.6 Å². The molecule has 2 aliphatic rings. The van der Waals surface area contributed by atoms with E-state index in [1.165, 1.54) is 5.56 Å². The molecule has 1 unspecified atom stereocenters. The number of carbonyl (C=O) groups excluding carboxylic acids is 1. The van der Waals surface area contributed by atoms with Crippen molar-refractivity contribution in [3.63, 3.8) is 0 Å². The Kier molecular flexibility index (Phi) is 5.59. The molecule has 2 fully saturated rings. The third kappa shape index (κ3) is 4.15. The third-order valence-corrected chi connectivity index (χ3v) is 5.78. The molecule has 148 valence electrons. The summed E-state index contributed by atoms with van der Waals surface area (Å²) in [5.41, 5.74) is 3.73. The van der Waals surface area contributed by atoms with Gasteiger partial charge in [0.1, 0.15) is 0 Å². The van der Waals surface area contributed by atoms with Crippen molar-refractivity contribution < 1.29 is 4.79 Å². The van der Waals surface area contributed by atoms with Crippen LogP contribution in [0.3, 0.4) is 0 Å². The van der Waals surface area contributed by atoms with Gasteiger partial charge in [0.05, 0.1) is 17.7 Å². The molecule has 1 N–H and O–H groups in total. The highest BCUT2D eigenvalue weighted by atomic mass is 16.2. The molecule has 0 spiro atoms. The second kappa shape index (κ2) is 8.46. The maximum atomic E-state index is 12.8. The van der Waals surface area contributed by atoms with E-state index in [0.717, 1.165) is 43.6 Å². The zero-order valence-electron chi connectivity index (χ0n) is 16.4. The Morgan fingerprint density at radius 1 is 1.24 bits per heavy atom. The summed E-state index contributed by atoms with van der Waals surface area (Å²) in [6.45, 7) is 7.43. The first-order chi connectivity index (χ1) is 14.2. The maximum Gasteiger partial charge on any atom is 0.318 e. The first-order valence-electron chi connectivity index (χ1n) is 10.0. The zero-order valence-corrected chi connectivity index (χ0v) is 16.4. The molecule has 29 heavy (non-hydrogen) atoms. The number of hydrogen-bond donors (Lipinski definition) is 1. The van der Waals surface area contributed by atoms with Gasteiger partial charge in [-0.3, -0.25) is 9.88 Å². The van der Waals surface area contributed by atoms with E-state index in [4.69, 9.17) is 0 Å². The zero-order chi connectivity index (χ0) is 20.2. The maximum absolute atomic E-state index is 12.8. The van der Waals surface area contributed by atoms with E-state index in [2.05, 4.69) is 33.9 Å². The fourth-order valence-electron chi connectivity index (χ4n) is 4.35. The van der Waals surface area contributed by atoms with Crippen molar-refractivity contribution in [2.75, 3.05) is 19.6 Å². The molecule has 6 nitrogen and oxygen atoms in total. The van der Waals surface area contributed by atoms with Gasteiger partial charge in [-0.15, -0.1) is 0 Å². The molecule has 2 aromatic rings. The number of hydrogen-bond acceptors (Lipinski definition) is 4. The van der Waals surface area contributed by atoms with Crippen LogP contribution in [0.15, 0.2) is 60.9 Å². The average Bonchev–Trinajstić information content (AvgIpc) is 2.76. The molecule has 1 atom stereocenters. The van der Waals surface area contributed by atoms with Gasteiger partial charge in [0.2, 0.25) is 0 Å². The number of amides is 2. The van der Waals surface area contributed by atoms with E-state index in [0.29, 0.717) is 12.1 Å². The molecule has 1 aromatic carbocycles. The molecule has 6 heteroatoms. The number of rotatable bonds is 4. The predicted octanol–water partition coefficient (Wildman–Crippen LogP) is 3.24. The molecule has 1 aromatic heterocycles. The predicted molar refractivity (Wildman–Crippen MR) is 111 cm³/mol. The van der Waals surface area contributed by atoms with Crippen LogP contribution in [0.2, 0.25) is 0 Å². The number of nitrogens with one attached hydrogen (secondary N) is 1. The largest absolute Gasteiger partial charge is 0.334 e. The number of nitriles is 1. The van der Waals surface area contributed by atoms with Crippen molar-refractivity contribution in [3.05, 3.63) is 77.6 Å². The number of benzene rings is 1. The number of carbonyl (C=O) groups is 1. The third-order valence-electron chi connectivity index (χ3n) is 5.78. The first kappa shape index (κ1) is 19.2. The molecule has 2 amide bonds. The summed E-state index contributed by atoms with van der Waals surface area (Å²) in [4.78, 5) is 21.4. The Balaban J connectivity index is 1.50. The highest BCUT2D eigenvalue weighted by Crippen LogP contribution is 2.35. The SMILES string of the molecule is C=C1CNC(=O)N(C2CCN(Cc3cccnc3)CC2)C1c1cccc(C#N)c1. The summed E-state index contributed by atoms with van der Waals surface area (Å²) < 4.78 is 0. The number of pyridine rings is 1. The van der Waals surface area contributed by atoms with Crippen LogP contribution < -0.4 is 5.32 Å². The smallest absolute Gasteiger partial charge is 0.318 e. The van der Waals surface area contributed by atoms with E-state index < -0.39 is 0 Å².